The molecule has 0 radical (unpaired) electrons. The summed E-state index contributed by atoms with van der Waals surface area (Å²) in [5.74, 6) is -1.78. The number of aliphatic hydroxyl groups excluding tert-OH is 1. The molecule has 2 bridgehead atoms. The number of likely N-dealkylation sites (tertiary alicyclic amines) is 1. The Morgan fingerprint density at radius 1 is 1.06 bits per heavy atom. The van der Waals surface area contributed by atoms with E-state index in [0.717, 1.165) is 38.2 Å². The summed E-state index contributed by atoms with van der Waals surface area (Å²) in [5, 5.41) is 11.0. The van der Waals surface area contributed by atoms with Crippen LogP contribution in [0.3, 0.4) is 0 Å². The smallest absolute Gasteiger partial charge is 0.385 e. The van der Waals surface area contributed by atoms with Crippen LogP contribution in [-0.4, -0.2) is 49.6 Å². The lowest BCUT2D eigenvalue weighted by Gasteiger charge is -2.55. The molecule has 2 aromatic heterocycles. The number of fused-ring (bicyclic) bond motifs is 2. The fourth-order valence-electron chi connectivity index (χ4n) is 6.44. The Kier molecular flexibility index (Phi) is 5.60. The summed E-state index contributed by atoms with van der Waals surface area (Å²) in [7, 11) is 0. The SMILES string of the molecule is Nc1ncc(-c2cn(C3CC(N4CCC(F)(F)CC4)C4CC3C4)c([C@@H](O)C3CC3)n2)cc1C(F)(F)F. The van der Waals surface area contributed by atoms with E-state index < -0.39 is 29.6 Å². The molecule has 11 heteroatoms. The molecule has 5 fully saturated rings. The van der Waals surface area contributed by atoms with Gasteiger partial charge in [-0.05, 0) is 55.9 Å². The van der Waals surface area contributed by atoms with Crippen LogP contribution in [0.2, 0.25) is 0 Å². The van der Waals surface area contributed by atoms with Gasteiger partial charge in [0, 0.05) is 56.0 Å². The van der Waals surface area contributed by atoms with E-state index in [0.29, 0.717) is 36.4 Å². The maximum absolute atomic E-state index is 13.8. The molecule has 1 saturated heterocycles. The highest BCUT2D eigenvalue weighted by atomic mass is 19.4. The standard InChI is InChI=1S/C25H30F5N5O/c26-24(27)3-5-34(6-4-24)19-10-20(15-7-14(19)8-15)35-12-18(33-23(35)21(36)13-1-2-13)16-9-17(25(28,29)30)22(31)32-11-16/h9,11-15,19-21,36H,1-8,10H2,(H2,31,32)/t14?,15?,19?,20?,21-/m0/s1. The number of anilines is 1. The largest absolute Gasteiger partial charge is 0.419 e. The number of hydrogen-bond acceptors (Lipinski definition) is 5. The van der Waals surface area contributed by atoms with Crippen molar-refractivity contribution < 1.29 is 27.1 Å². The van der Waals surface area contributed by atoms with E-state index in [1.54, 1.807) is 6.20 Å². The van der Waals surface area contributed by atoms with Crippen LogP contribution in [0.1, 0.15) is 68.5 Å². The van der Waals surface area contributed by atoms with Gasteiger partial charge in [0.2, 0.25) is 0 Å². The number of pyridine rings is 1. The van der Waals surface area contributed by atoms with Crippen molar-refractivity contribution in [2.75, 3.05) is 18.8 Å². The minimum atomic E-state index is -4.64. The van der Waals surface area contributed by atoms with E-state index >= 15 is 0 Å². The highest BCUT2D eigenvalue weighted by molar-refractivity contribution is 5.62. The van der Waals surface area contributed by atoms with Gasteiger partial charge < -0.3 is 15.4 Å². The zero-order valence-electron chi connectivity index (χ0n) is 19.8. The van der Waals surface area contributed by atoms with E-state index in [9.17, 15) is 27.1 Å². The quantitative estimate of drug-likeness (QED) is 0.549. The number of halogens is 5. The summed E-state index contributed by atoms with van der Waals surface area (Å²) >= 11 is 0. The molecular formula is C25H30F5N5O. The van der Waals surface area contributed by atoms with Crippen LogP contribution in [0.15, 0.2) is 18.5 Å². The molecule has 3 N–H and O–H groups in total. The van der Waals surface area contributed by atoms with Gasteiger partial charge in [-0.25, -0.2) is 18.7 Å². The number of rotatable bonds is 5. The van der Waals surface area contributed by atoms with Crippen LogP contribution in [0.25, 0.3) is 11.3 Å². The third-order valence-corrected chi connectivity index (χ3v) is 8.75. The molecule has 7 rings (SSSR count). The second-order valence-corrected chi connectivity index (χ2v) is 11.1. The van der Waals surface area contributed by atoms with Gasteiger partial charge in [0.15, 0.2) is 0 Å². The monoisotopic (exact) mass is 511 g/mol. The average molecular weight is 512 g/mol. The Morgan fingerprint density at radius 3 is 2.36 bits per heavy atom. The Labute approximate surface area is 205 Å². The zero-order valence-corrected chi connectivity index (χ0v) is 19.8. The molecule has 2 aromatic rings. The van der Waals surface area contributed by atoms with Crippen molar-refractivity contribution in [2.45, 2.75) is 75.2 Å². The number of piperidine rings is 1. The minimum Gasteiger partial charge on any atom is -0.385 e. The fraction of sp³-hybridized carbons (Fsp3) is 0.680. The van der Waals surface area contributed by atoms with Crippen molar-refractivity contribution in [1.29, 1.82) is 0 Å². The van der Waals surface area contributed by atoms with Crippen molar-refractivity contribution in [3.8, 4) is 11.3 Å². The summed E-state index contributed by atoms with van der Waals surface area (Å²) in [4.78, 5) is 10.6. The van der Waals surface area contributed by atoms with Gasteiger partial charge in [0.1, 0.15) is 17.7 Å². The van der Waals surface area contributed by atoms with E-state index in [4.69, 9.17) is 5.73 Å². The molecule has 3 heterocycles. The van der Waals surface area contributed by atoms with Crippen molar-refractivity contribution in [3.05, 3.63) is 29.8 Å². The third kappa shape index (κ3) is 4.27. The van der Waals surface area contributed by atoms with Crippen LogP contribution < -0.4 is 5.73 Å². The van der Waals surface area contributed by atoms with Gasteiger partial charge in [-0.1, -0.05) is 0 Å². The minimum absolute atomic E-state index is 0.0101. The molecule has 3 atom stereocenters. The number of nitrogens with two attached hydrogens (primary N) is 1. The number of aromatic nitrogens is 3. The van der Waals surface area contributed by atoms with Gasteiger partial charge in [0.05, 0.1) is 11.3 Å². The lowest BCUT2D eigenvalue weighted by atomic mass is 9.59. The molecule has 5 aliphatic rings. The first-order valence-corrected chi connectivity index (χ1v) is 12.7. The number of nitrogen functional groups attached to an aromatic ring is 1. The van der Waals surface area contributed by atoms with Crippen molar-refractivity contribution in [2.24, 2.45) is 17.8 Å². The molecule has 1 aliphatic heterocycles. The number of imidazole rings is 1. The van der Waals surface area contributed by atoms with Crippen LogP contribution in [0.5, 0.6) is 0 Å². The van der Waals surface area contributed by atoms with Crippen LogP contribution >= 0.6 is 0 Å². The van der Waals surface area contributed by atoms with E-state index in [2.05, 4.69) is 14.9 Å². The first-order chi connectivity index (χ1) is 17.0. The average Bonchev–Trinajstić information content (AvgIpc) is 3.55. The van der Waals surface area contributed by atoms with E-state index in [1.807, 2.05) is 4.57 Å². The Morgan fingerprint density at radius 2 is 1.72 bits per heavy atom. The molecular weight excluding hydrogens is 481 g/mol. The Bertz CT molecular complexity index is 1130. The lowest BCUT2D eigenvalue weighted by Crippen LogP contribution is -2.56. The summed E-state index contributed by atoms with van der Waals surface area (Å²) in [6, 6.07) is 1.15. The Balaban J connectivity index is 1.33. The molecule has 6 nitrogen and oxygen atoms in total. The third-order valence-electron chi connectivity index (χ3n) is 8.75. The first-order valence-electron chi connectivity index (χ1n) is 12.7. The highest BCUT2D eigenvalue weighted by Gasteiger charge is 2.51. The molecule has 4 saturated carbocycles. The maximum atomic E-state index is 13.8. The van der Waals surface area contributed by atoms with E-state index in [1.165, 1.54) is 6.20 Å². The summed E-state index contributed by atoms with van der Waals surface area (Å²) in [5.41, 5.74) is 4.98. The number of alkyl halides is 5. The lowest BCUT2D eigenvalue weighted by molar-refractivity contribution is -0.137. The van der Waals surface area contributed by atoms with Crippen molar-refractivity contribution in [1.82, 2.24) is 19.4 Å². The first kappa shape index (κ1) is 24.1. The van der Waals surface area contributed by atoms with Crippen LogP contribution in [0.4, 0.5) is 27.8 Å². The van der Waals surface area contributed by atoms with Gasteiger partial charge >= 0.3 is 6.18 Å². The summed E-state index contributed by atoms with van der Waals surface area (Å²) in [6.45, 7) is 0.741. The van der Waals surface area contributed by atoms with Gasteiger partial charge in [0.25, 0.3) is 5.92 Å². The summed E-state index contributed by atoms with van der Waals surface area (Å²) in [6.07, 6.45) is 1.80. The second kappa shape index (κ2) is 8.37. The molecule has 0 aromatic carbocycles. The zero-order chi connectivity index (χ0) is 25.4. The number of hydrogen-bond donors (Lipinski definition) is 2. The molecule has 0 spiro atoms. The van der Waals surface area contributed by atoms with Crippen molar-refractivity contribution >= 4 is 5.82 Å². The molecule has 4 aliphatic carbocycles. The van der Waals surface area contributed by atoms with Gasteiger partial charge in [-0.15, -0.1) is 0 Å². The highest BCUT2D eigenvalue weighted by Crippen LogP contribution is 2.54. The second-order valence-electron chi connectivity index (χ2n) is 11.1. The predicted molar refractivity (Wildman–Crippen MR) is 122 cm³/mol. The van der Waals surface area contributed by atoms with Crippen molar-refractivity contribution in [3.63, 3.8) is 0 Å². The fourth-order valence-corrected chi connectivity index (χ4v) is 6.44. The summed E-state index contributed by atoms with van der Waals surface area (Å²) < 4.78 is 69.8. The van der Waals surface area contributed by atoms with Crippen LogP contribution in [0, 0.1) is 17.8 Å². The Hall–Kier alpha value is -2.27. The van der Waals surface area contributed by atoms with Gasteiger partial charge in [-0.2, -0.15) is 13.2 Å². The molecule has 36 heavy (non-hydrogen) atoms. The van der Waals surface area contributed by atoms with Crippen LogP contribution in [-0.2, 0) is 6.18 Å². The normalized spacial score (nSPS) is 31.2. The molecule has 0 amide bonds. The maximum Gasteiger partial charge on any atom is 0.419 e. The molecule has 196 valence electrons. The van der Waals surface area contributed by atoms with E-state index in [-0.39, 0.29) is 36.4 Å². The van der Waals surface area contributed by atoms with Gasteiger partial charge in [-0.3, -0.25) is 4.90 Å². The molecule has 2 unspecified atom stereocenters. The number of aliphatic hydroxyl groups is 1. The topological polar surface area (TPSA) is 80.2 Å². The predicted octanol–water partition coefficient (Wildman–Crippen LogP) is 5.06. The number of nitrogens with zero attached hydrogens (tertiary/aromatic N) is 4.